The largest absolute Gasteiger partial charge is 0.353 e. The third-order valence-corrected chi connectivity index (χ3v) is 5.24. The minimum Gasteiger partial charge on any atom is -0.353 e. The van der Waals surface area contributed by atoms with E-state index in [-0.39, 0.29) is 5.91 Å². The van der Waals surface area contributed by atoms with Gasteiger partial charge in [0.25, 0.3) is 0 Å². The summed E-state index contributed by atoms with van der Waals surface area (Å²) in [5.74, 6) is 1.18. The van der Waals surface area contributed by atoms with Crippen LogP contribution in [0.4, 0.5) is 0 Å². The standard InChI is InChI=1S/C18H23N5OS/c1-2-12-23-17(14-8-10-19-11-9-14)21-22-18(23)25-13-16(24)20-15-6-4-3-5-7-15/h2,8-11,15H,1,3-7,12-13H2,(H,20,24). The van der Waals surface area contributed by atoms with Gasteiger partial charge in [0.1, 0.15) is 0 Å². The predicted octanol–water partition coefficient (Wildman–Crippen LogP) is 3.07. The van der Waals surface area contributed by atoms with Crippen LogP contribution >= 0.6 is 11.8 Å². The number of amides is 1. The highest BCUT2D eigenvalue weighted by molar-refractivity contribution is 7.99. The van der Waals surface area contributed by atoms with Crippen LogP contribution in [0.5, 0.6) is 0 Å². The van der Waals surface area contributed by atoms with Gasteiger partial charge in [0.15, 0.2) is 11.0 Å². The van der Waals surface area contributed by atoms with Gasteiger partial charge < -0.3 is 5.32 Å². The van der Waals surface area contributed by atoms with Gasteiger partial charge in [0.05, 0.1) is 5.75 Å². The molecule has 0 saturated heterocycles. The predicted molar refractivity (Wildman–Crippen MR) is 99.2 cm³/mol. The Balaban J connectivity index is 1.64. The van der Waals surface area contributed by atoms with Crippen molar-refractivity contribution in [3.63, 3.8) is 0 Å². The highest BCUT2D eigenvalue weighted by atomic mass is 32.2. The summed E-state index contributed by atoms with van der Waals surface area (Å²) in [6.07, 6.45) is 11.1. The number of nitrogens with one attached hydrogen (secondary N) is 1. The lowest BCUT2D eigenvalue weighted by atomic mass is 9.95. The van der Waals surface area contributed by atoms with Crippen LogP contribution in [0.15, 0.2) is 42.3 Å². The van der Waals surface area contributed by atoms with E-state index >= 15 is 0 Å². The Morgan fingerprint density at radius 3 is 2.76 bits per heavy atom. The molecule has 0 bridgehead atoms. The summed E-state index contributed by atoms with van der Waals surface area (Å²) in [6, 6.07) is 4.13. The van der Waals surface area contributed by atoms with E-state index < -0.39 is 0 Å². The van der Waals surface area contributed by atoms with Crippen molar-refractivity contribution in [2.24, 2.45) is 0 Å². The van der Waals surface area contributed by atoms with Gasteiger partial charge in [-0.3, -0.25) is 14.3 Å². The molecule has 2 aromatic heterocycles. The van der Waals surface area contributed by atoms with Gasteiger partial charge in [-0.05, 0) is 25.0 Å². The zero-order valence-electron chi connectivity index (χ0n) is 14.2. The number of hydrogen-bond donors (Lipinski definition) is 1. The van der Waals surface area contributed by atoms with Crippen LogP contribution in [0.25, 0.3) is 11.4 Å². The first-order valence-electron chi connectivity index (χ1n) is 8.64. The van der Waals surface area contributed by atoms with E-state index in [9.17, 15) is 4.79 Å². The van der Waals surface area contributed by atoms with Crippen molar-refractivity contribution in [3.05, 3.63) is 37.2 Å². The molecule has 132 valence electrons. The number of carbonyl (C=O) groups is 1. The molecule has 1 fully saturated rings. The molecule has 6 nitrogen and oxygen atoms in total. The third-order valence-electron chi connectivity index (χ3n) is 4.27. The Kier molecular flexibility index (Phi) is 6.22. The SMILES string of the molecule is C=CCn1c(SCC(=O)NC2CCCCC2)nnc1-c1ccncc1. The van der Waals surface area contributed by atoms with E-state index in [0.717, 1.165) is 29.4 Å². The molecule has 1 saturated carbocycles. The Hall–Kier alpha value is -2.15. The van der Waals surface area contributed by atoms with Crippen LogP contribution in [-0.4, -0.2) is 37.5 Å². The van der Waals surface area contributed by atoms with Gasteiger partial charge >= 0.3 is 0 Å². The van der Waals surface area contributed by atoms with Crippen LogP contribution in [0.1, 0.15) is 32.1 Å². The molecule has 2 aromatic rings. The third kappa shape index (κ3) is 4.69. The number of carbonyl (C=O) groups excluding carboxylic acids is 1. The van der Waals surface area contributed by atoms with Crippen LogP contribution in [0, 0.1) is 0 Å². The molecule has 7 heteroatoms. The first-order chi connectivity index (χ1) is 12.3. The maximum absolute atomic E-state index is 12.2. The fourth-order valence-corrected chi connectivity index (χ4v) is 3.81. The summed E-state index contributed by atoms with van der Waals surface area (Å²) in [5, 5.41) is 12.4. The summed E-state index contributed by atoms with van der Waals surface area (Å²) >= 11 is 1.41. The van der Waals surface area contributed by atoms with Crippen LogP contribution in [-0.2, 0) is 11.3 Å². The molecule has 1 amide bonds. The highest BCUT2D eigenvalue weighted by Crippen LogP contribution is 2.24. The summed E-state index contributed by atoms with van der Waals surface area (Å²) in [4.78, 5) is 16.2. The van der Waals surface area contributed by atoms with Crippen LogP contribution < -0.4 is 5.32 Å². The molecule has 0 aromatic carbocycles. The maximum Gasteiger partial charge on any atom is 0.230 e. The first kappa shape index (κ1) is 17.7. The molecule has 3 rings (SSSR count). The molecule has 1 N–H and O–H groups in total. The second kappa shape index (κ2) is 8.80. The Morgan fingerprint density at radius 1 is 1.28 bits per heavy atom. The summed E-state index contributed by atoms with van der Waals surface area (Å²) in [7, 11) is 0. The van der Waals surface area contributed by atoms with Crippen molar-refractivity contribution < 1.29 is 4.79 Å². The second-order valence-corrected chi connectivity index (χ2v) is 7.07. The maximum atomic E-state index is 12.2. The van der Waals surface area contributed by atoms with Crippen molar-refractivity contribution in [2.75, 3.05) is 5.75 Å². The fourth-order valence-electron chi connectivity index (χ4n) is 3.05. The van der Waals surface area contributed by atoms with Crippen molar-refractivity contribution in [3.8, 4) is 11.4 Å². The average Bonchev–Trinajstić information content (AvgIpc) is 3.05. The van der Waals surface area contributed by atoms with Gasteiger partial charge in [-0.15, -0.1) is 16.8 Å². The lowest BCUT2D eigenvalue weighted by molar-refractivity contribution is -0.119. The van der Waals surface area contributed by atoms with Gasteiger partial charge in [0.2, 0.25) is 5.91 Å². The number of hydrogen-bond acceptors (Lipinski definition) is 5. The Morgan fingerprint density at radius 2 is 2.04 bits per heavy atom. The number of rotatable bonds is 7. The second-order valence-electron chi connectivity index (χ2n) is 6.13. The van der Waals surface area contributed by atoms with E-state index in [1.807, 2.05) is 16.7 Å². The Bertz CT molecular complexity index is 710. The van der Waals surface area contributed by atoms with E-state index in [1.54, 1.807) is 18.5 Å². The fraction of sp³-hybridized carbons (Fsp3) is 0.444. The molecule has 1 aliphatic rings. The van der Waals surface area contributed by atoms with Crippen molar-refractivity contribution in [2.45, 2.75) is 49.8 Å². The van der Waals surface area contributed by atoms with E-state index in [0.29, 0.717) is 18.3 Å². The summed E-state index contributed by atoms with van der Waals surface area (Å²) < 4.78 is 1.97. The van der Waals surface area contributed by atoms with Gasteiger partial charge in [-0.1, -0.05) is 37.1 Å². The zero-order chi connectivity index (χ0) is 17.5. The van der Waals surface area contributed by atoms with Crippen LogP contribution in [0.2, 0.25) is 0 Å². The number of thioether (sulfide) groups is 1. The van der Waals surface area contributed by atoms with E-state index in [2.05, 4.69) is 27.1 Å². The molecule has 0 radical (unpaired) electrons. The average molecular weight is 357 g/mol. The van der Waals surface area contributed by atoms with Gasteiger partial charge in [-0.25, -0.2) is 0 Å². The van der Waals surface area contributed by atoms with Crippen LogP contribution in [0.3, 0.4) is 0 Å². The Labute approximate surface area is 152 Å². The number of aromatic nitrogens is 4. The molecule has 25 heavy (non-hydrogen) atoms. The number of nitrogens with zero attached hydrogens (tertiary/aromatic N) is 4. The molecule has 1 aliphatic carbocycles. The molecular weight excluding hydrogens is 334 g/mol. The van der Waals surface area contributed by atoms with Crippen molar-refractivity contribution in [1.29, 1.82) is 0 Å². The topological polar surface area (TPSA) is 72.7 Å². The smallest absolute Gasteiger partial charge is 0.230 e. The summed E-state index contributed by atoms with van der Waals surface area (Å²) in [6.45, 7) is 4.40. The minimum absolute atomic E-state index is 0.0653. The minimum atomic E-state index is 0.0653. The zero-order valence-corrected chi connectivity index (χ0v) is 15.0. The van der Waals surface area contributed by atoms with Crippen molar-refractivity contribution >= 4 is 17.7 Å². The lowest BCUT2D eigenvalue weighted by Crippen LogP contribution is -2.37. The molecular formula is C18H23N5OS. The molecule has 0 unspecified atom stereocenters. The molecule has 0 spiro atoms. The molecule has 0 atom stereocenters. The van der Waals surface area contributed by atoms with Gasteiger partial charge in [0, 0.05) is 30.5 Å². The van der Waals surface area contributed by atoms with Crippen molar-refractivity contribution in [1.82, 2.24) is 25.1 Å². The monoisotopic (exact) mass is 357 g/mol. The van der Waals surface area contributed by atoms with E-state index in [4.69, 9.17) is 0 Å². The summed E-state index contributed by atoms with van der Waals surface area (Å²) in [5.41, 5.74) is 0.947. The number of pyridine rings is 1. The molecule has 0 aliphatic heterocycles. The lowest BCUT2D eigenvalue weighted by Gasteiger charge is -2.22. The normalized spacial score (nSPS) is 15.0. The molecule has 2 heterocycles. The van der Waals surface area contributed by atoms with Gasteiger partial charge in [-0.2, -0.15) is 0 Å². The quantitative estimate of drug-likeness (QED) is 0.609. The first-order valence-corrected chi connectivity index (χ1v) is 9.63. The number of allylic oxidation sites excluding steroid dienone is 1. The highest BCUT2D eigenvalue weighted by Gasteiger charge is 2.18. The van der Waals surface area contributed by atoms with E-state index in [1.165, 1.54) is 31.0 Å².